The number of ether oxygens (including phenoxy) is 2. The molecule has 190 valence electrons. The summed E-state index contributed by atoms with van der Waals surface area (Å²) in [5.74, 6) is 2.31. The van der Waals surface area contributed by atoms with Gasteiger partial charge in [0.2, 0.25) is 5.95 Å². The van der Waals surface area contributed by atoms with Crippen molar-refractivity contribution in [2.75, 3.05) is 37.9 Å². The van der Waals surface area contributed by atoms with Crippen LogP contribution in [0.1, 0.15) is 30.0 Å². The van der Waals surface area contributed by atoms with Crippen molar-refractivity contribution >= 4 is 35.1 Å². The largest absolute Gasteiger partial charge is 0.493 e. The van der Waals surface area contributed by atoms with Crippen molar-refractivity contribution in [1.82, 2.24) is 14.5 Å². The number of hydrogen-bond acceptors (Lipinski definition) is 9. The number of nitrogens with zero attached hydrogens (tertiary/aromatic N) is 4. The normalized spacial score (nSPS) is 18.4. The van der Waals surface area contributed by atoms with Crippen molar-refractivity contribution in [3.8, 4) is 11.5 Å². The van der Waals surface area contributed by atoms with Gasteiger partial charge in [-0.2, -0.15) is 0 Å². The summed E-state index contributed by atoms with van der Waals surface area (Å²) in [6.45, 7) is 1.52. The number of methoxy groups -OCH3 is 2. The summed E-state index contributed by atoms with van der Waals surface area (Å²) >= 11 is 7.49. The molecule has 11 heteroatoms. The second kappa shape index (κ2) is 9.49. The summed E-state index contributed by atoms with van der Waals surface area (Å²) in [5.41, 5.74) is 14.8. The van der Waals surface area contributed by atoms with Crippen molar-refractivity contribution < 1.29 is 9.47 Å². The van der Waals surface area contributed by atoms with Gasteiger partial charge in [0, 0.05) is 37.3 Å². The molecule has 0 radical (unpaired) electrons. The maximum atomic E-state index is 13.1. The van der Waals surface area contributed by atoms with Crippen LogP contribution in [0.2, 0.25) is 5.02 Å². The van der Waals surface area contributed by atoms with Crippen molar-refractivity contribution in [3.05, 3.63) is 57.1 Å². The first-order valence-electron chi connectivity index (χ1n) is 11.7. The molecule has 0 amide bonds. The Bertz CT molecular complexity index is 1370. The molecule has 36 heavy (non-hydrogen) atoms. The Balaban J connectivity index is 1.34. The Morgan fingerprint density at radius 1 is 1.14 bits per heavy atom. The lowest BCUT2D eigenvalue weighted by molar-refractivity contribution is 0.186. The van der Waals surface area contributed by atoms with Gasteiger partial charge >= 0.3 is 0 Å². The zero-order chi connectivity index (χ0) is 25.6. The lowest BCUT2D eigenvalue weighted by Gasteiger charge is -2.42. The SMILES string of the molecule is COc1cc2c(cc1OC)[C@@H](N)C1(CCN(c3ncc(Sc4ccnc(N)c4Cl)c(=O)n3C)CC1)C2. The van der Waals surface area contributed by atoms with Crippen LogP contribution in [0.5, 0.6) is 11.5 Å². The minimum atomic E-state index is -0.138. The molecule has 4 N–H and O–H groups in total. The van der Waals surface area contributed by atoms with Gasteiger partial charge in [-0.05, 0) is 54.0 Å². The third kappa shape index (κ3) is 4.07. The van der Waals surface area contributed by atoms with Crippen LogP contribution >= 0.6 is 23.4 Å². The number of piperidine rings is 1. The lowest BCUT2D eigenvalue weighted by Crippen LogP contribution is -2.46. The number of nitrogens with two attached hydrogens (primary N) is 2. The molecule has 1 aliphatic carbocycles. The van der Waals surface area contributed by atoms with Gasteiger partial charge in [0.05, 0.1) is 30.3 Å². The first-order chi connectivity index (χ1) is 17.3. The molecule has 5 rings (SSSR count). The summed E-state index contributed by atoms with van der Waals surface area (Å²) < 4.78 is 12.6. The maximum Gasteiger partial charge on any atom is 0.268 e. The van der Waals surface area contributed by atoms with Crippen LogP contribution in [0, 0.1) is 5.41 Å². The molecule has 1 aromatic carbocycles. The first kappa shape index (κ1) is 24.7. The number of pyridine rings is 1. The molecule has 2 aromatic heterocycles. The van der Waals surface area contributed by atoms with E-state index in [-0.39, 0.29) is 22.8 Å². The van der Waals surface area contributed by atoms with E-state index < -0.39 is 0 Å². The Morgan fingerprint density at radius 3 is 2.53 bits per heavy atom. The van der Waals surface area contributed by atoms with Crippen molar-refractivity contribution in [3.63, 3.8) is 0 Å². The molecule has 0 bridgehead atoms. The second-order valence-corrected chi connectivity index (χ2v) is 10.8. The fourth-order valence-corrected chi connectivity index (χ4v) is 6.47. The highest BCUT2D eigenvalue weighted by atomic mass is 35.5. The predicted octanol–water partition coefficient (Wildman–Crippen LogP) is 3.42. The summed E-state index contributed by atoms with van der Waals surface area (Å²) in [4.78, 5) is 25.1. The van der Waals surface area contributed by atoms with Crippen LogP contribution in [0.4, 0.5) is 11.8 Å². The minimum absolute atomic E-state index is 0.0388. The van der Waals surface area contributed by atoms with E-state index >= 15 is 0 Å². The Morgan fingerprint density at radius 2 is 1.83 bits per heavy atom. The maximum absolute atomic E-state index is 13.1. The molecular weight excluding hydrogens is 500 g/mol. The molecule has 3 aromatic rings. The van der Waals surface area contributed by atoms with Gasteiger partial charge in [0.15, 0.2) is 11.5 Å². The average molecular weight is 529 g/mol. The number of rotatable bonds is 5. The van der Waals surface area contributed by atoms with Crippen LogP contribution < -0.4 is 31.4 Å². The van der Waals surface area contributed by atoms with Crippen LogP contribution in [-0.2, 0) is 13.5 Å². The molecule has 1 atom stereocenters. The van der Waals surface area contributed by atoms with Gasteiger partial charge in [-0.1, -0.05) is 23.4 Å². The molecular formula is C25H29ClN6O3S. The summed E-state index contributed by atoms with van der Waals surface area (Å²) in [6.07, 6.45) is 5.86. The molecule has 0 unspecified atom stereocenters. The first-order valence-corrected chi connectivity index (χ1v) is 12.9. The number of aromatic nitrogens is 3. The van der Waals surface area contributed by atoms with E-state index in [1.165, 1.54) is 17.3 Å². The fourth-order valence-electron chi connectivity index (χ4n) is 5.36. The Labute approximate surface area is 218 Å². The van der Waals surface area contributed by atoms with E-state index in [2.05, 4.69) is 20.9 Å². The van der Waals surface area contributed by atoms with Crippen LogP contribution in [0.3, 0.4) is 0 Å². The number of hydrogen-bond donors (Lipinski definition) is 2. The van der Waals surface area contributed by atoms with E-state index in [0.717, 1.165) is 43.7 Å². The van der Waals surface area contributed by atoms with E-state index in [1.54, 1.807) is 44.3 Å². The highest BCUT2D eigenvalue weighted by Gasteiger charge is 2.46. The van der Waals surface area contributed by atoms with E-state index in [0.29, 0.717) is 26.5 Å². The van der Waals surface area contributed by atoms with Gasteiger partial charge in [-0.15, -0.1) is 0 Å². The van der Waals surface area contributed by atoms with Gasteiger partial charge < -0.3 is 25.8 Å². The topological polar surface area (TPSA) is 122 Å². The monoisotopic (exact) mass is 528 g/mol. The fraction of sp³-hybridized carbons (Fsp3) is 0.400. The van der Waals surface area contributed by atoms with Crippen LogP contribution in [0.15, 0.2) is 45.2 Å². The van der Waals surface area contributed by atoms with E-state index in [1.807, 2.05) is 6.07 Å². The molecule has 0 saturated carbocycles. The quantitative estimate of drug-likeness (QED) is 0.513. The number of halogens is 1. The molecule has 2 aliphatic rings. The Kier molecular flexibility index (Phi) is 6.52. The van der Waals surface area contributed by atoms with Gasteiger partial charge in [-0.3, -0.25) is 9.36 Å². The average Bonchev–Trinajstić information content (AvgIpc) is 3.14. The van der Waals surface area contributed by atoms with E-state index in [9.17, 15) is 4.79 Å². The van der Waals surface area contributed by atoms with Crippen molar-refractivity contribution in [1.29, 1.82) is 0 Å². The van der Waals surface area contributed by atoms with Gasteiger partial charge in [0.25, 0.3) is 5.56 Å². The number of benzene rings is 1. The molecule has 1 saturated heterocycles. The summed E-state index contributed by atoms with van der Waals surface area (Å²) in [6, 6.07) is 5.72. The smallest absolute Gasteiger partial charge is 0.268 e. The summed E-state index contributed by atoms with van der Waals surface area (Å²) in [5, 5.41) is 0.332. The zero-order valence-corrected chi connectivity index (χ0v) is 22.0. The number of anilines is 2. The van der Waals surface area contributed by atoms with Gasteiger partial charge in [0.1, 0.15) is 5.82 Å². The van der Waals surface area contributed by atoms with Crippen molar-refractivity contribution in [2.45, 2.75) is 35.1 Å². The highest BCUT2D eigenvalue weighted by Crippen LogP contribution is 2.53. The standard InChI is InChI=1S/C25H29ClN6O3S/c1-31-23(33)19(36-18-4-7-29-22(28)20(18)26)13-30-24(31)32-8-5-25(6-9-32)12-14-10-16(34-2)17(35-3)11-15(14)21(25)27/h4,7,10-11,13,21H,5-6,8-9,12,27H2,1-3H3,(H2,28,29)/t21-/m1/s1. The van der Waals surface area contributed by atoms with Gasteiger partial charge in [-0.25, -0.2) is 9.97 Å². The number of nitrogen functional groups attached to an aromatic ring is 1. The molecule has 1 spiro atoms. The van der Waals surface area contributed by atoms with Crippen LogP contribution in [-0.4, -0.2) is 41.8 Å². The summed E-state index contributed by atoms with van der Waals surface area (Å²) in [7, 11) is 5.04. The highest BCUT2D eigenvalue weighted by molar-refractivity contribution is 7.99. The second-order valence-electron chi connectivity index (χ2n) is 9.31. The van der Waals surface area contributed by atoms with Crippen molar-refractivity contribution in [2.24, 2.45) is 18.2 Å². The third-order valence-electron chi connectivity index (χ3n) is 7.44. The third-order valence-corrected chi connectivity index (χ3v) is 9.01. The molecule has 1 aliphatic heterocycles. The predicted molar refractivity (Wildman–Crippen MR) is 141 cm³/mol. The molecule has 3 heterocycles. The molecule has 1 fully saturated rings. The Hall–Kier alpha value is -2.95. The van der Waals surface area contributed by atoms with E-state index in [4.69, 9.17) is 32.5 Å². The zero-order valence-electron chi connectivity index (χ0n) is 20.5. The van der Waals surface area contributed by atoms with Crippen LogP contribution in [0.25, 0.3) is 0 Å². The number of fused-ring (bicyclic) bond motifs is 1. The minimum Gasteiger partial charge on any atom is -0.493 e. The molecule has 9 nitrogen and oxygen atoms in total. The lowest BCUT2D eigenvalue weighted by atomic mass is 9.73.